The number of aryl methyl sites for hydroxylation is 1. The van der Waals surface area contributed by atoms with Gasteiger partial charge in [0.15, 0.2) is 11.6 Å². The van der Waals surface area contributed by atoms with Crippen molar-refractivity contribution >= 4 is 27.5 Å². The maximum absolute atomic E-state index is 13.3. The summed E-state index contributed by atoms with van der Waals surface area (Å²) in [5.74, 6) is -1.72. The Bertz CT molecular complexity index is 532. The average Bonchev–Trinajstić information content (AvgIpc) is 2.60. The molecule has 0 atom stereocenters. The van der Waals surface area contributed by atoms with E-state index in [4.69, 9.17) is 4.74 Å². The Kier molecular flexibility index (Phi) is 3.15. The molecule has 0 saturated carbocycles. The Hall–Kier alpha value is -1.08. The SMILES string of the molecule is Cc1nsc(Oc2cc(Br)cc(F)c2F)n1. The van der Waals surface area contributed by atoms with E-state index in [0.717, 1.165) is 17.6 Å². The molecule has 1 heterocycles. The zero-order chi connectivity index (χ0) is 11.7. The lowest BCUT2D eigenvalue weighted by atomic mass is 10.3. The van der Waals surface area contributed by atoms with Gasteiger partial charge in [-0.2, -0.15) is 13.7 Å². The van der Waals surface area contributed by atoms with Crippen molar-refractivity contribution in [2.24, 2.45) is 0 Å². The Morgan fingerprint density at radius 3 is 2.75 bits per heavy atom. The molecule has 0 aliphatic heterocycles. The van der Waals surface area contributed by atoms with Crippen LogP contribution in [0.5, 0.6) is 10.9 Å². The quantitative estimate of drug-likeness (QED) is 0.794. The first-order valence-electron chi connectivity index (χ1n) is 4.19. The lowest BCUT2D eigenvalue weighted by Crippen LogP contribution is -1.92. The monoisotopic (exact) mass is 306 g/mol. The summed E-state index contributed by atoms with van der Waals surface area (Å²) < 4.78 is 35.7. The summed E-state index contributed by atoms with van der Waals surface area (Å²) in [4.78, 5) is 3.89. The molecule has 0 spiro atoms. The van der Waals surface area contributed by atoms with Gasteiger partial charge >= 0.3 is 0 Å². The minimum atomic E-state index is -1.05. The molecule has 2 aromatic rings. The van der Waals surface area contributed by atoms with Crippen LogP contribution in [0.1, 0.15) is 5.82 Å². The molecule has 0 N–H and O–H groups in total. The molecule has 0 radical (unpaired) electrons. The van der Waals surface area contributed by atoms with E-state index < -0.39 is 11.6 Å². The van der Waals surface area contributed by atoms with Crippen LogP contribution in [-0.4, -0.2) is 9.36 Å². The molecular formula is C9H5BrF2N2OS. The predicted octanol–water partition coefficient (Wildman–Crippen LogP) is 3.68. The number of halogens is 3. The molecule has 0 aliphatic rings. The fourth-order valence-electron chi connectivity index (χ4n) is 1.02. The summed E-state index contributed by atoms with van der Waals surface area (Å²) in [7, 11) is 0. The third-order valence-corrected chi connectivity index (χ3v) is 2.81. The van der Waals surface area contributed by atoms with Crippen LogP contribution in [0.3, 0.4) is 0 Å². The first-order valence-corrected chi connectivity index (χ1v) is 5.75. The first kappa shape index (κ1) is 11.4. The lowest BCUT2D eigenvalue weighted by Gasteiger charge is -2.03. The first-order chi connectivity index (χ1) is 7.56. The smallest absolute Gasteiger partial charge is 0.298 e. The van der Waals surface area contributed by atoms with Crippen molar-refractivity contribution in [3.63, 3.8) is 0 Å². The van der Waals surface area contributed by atoms with Gasteiger partial charge in [0.1, 0.15) is 5.82 Å². The predicted molar refractivity (Wildman–Crippen MR) is 58.8 cm³/mol. The van der Waals surface area contributed by atoms with Gasteiger partial charge in [0.2, 0.25) is 5.82 Å². The molecule has 0 saturated heterocycles. The highest BCUT2D eigenvalue weighted by Crippen LogP contribution is 2.30. The van der Waals surface area contributed by atoms with Gasteiger partial charge < -0.3 is 4.74 Å². The zero-order valence-electron chi connectivity index (χ0n) is 8.00. The number of ether oxygens (including phenoxy) is 1. The van der Waals surface area contributed by atoms with Gasteiger partial charge in [-0.3, -0.25) is 0 Å². The molecule has 0 fully saturated rings. The second kappa shape index (κ2) is 4.42. The Morgan fingerprint density at radius 1 is 1.38 bits per heavy atom. The number of aromatic nitrogens is 2. The fourth-order valence-corrected chi connectivity index (χ4v) is 1.98. The largest absolute Gasteiger partial charge is 0.427 e. The van der Waals surface area contributed by atoms with E-state index in [2.05, 4.69) is 25.3 Å². The normalized spacial score (nSPS) is 10.5. The Morgan fingerprint density at radius 2 is 2.12 bits per heavy atom. The molecule has 0 bridgehead atoms. The minimum Gasteiger partial charge on any atom is -0.427 e. The highest BCUT2D eigenvalue weighted by Gasteiger charge is 2.13. The van der Waals surface area contributed by atoms with Crippen molar-refractivity contribution < 1.29 is 13.5 Å². The van der Waals surface area contributed by atoms with E-state index >= 15 is 0 Å². The van der Waals surface area contributed by atoms with E-state index in [-0.39, 0.29) is 10.9 Å². The molecule has 0 unspecified atom stereocenters. The maximum atomic E-state index is 13.3. The van der Waals surface area contributed by atoms with Crippen LogP contribution in [0.2, 0.25) is 0 Å². The van der Waals surface area contributed by atoms with E-state index in [0.29, 0.717) is 10.3 Å². The molecule has 1 aromatic heterocycles. The third kappa shape index (κ3) is 2.35. The molecule has 0 aliphatic carbocycles. The van der Waals surface area contributed by atoms with Crippen molar-refractivity contribution in [3.05, 3.63) is 34.1 Å². The summed E-state index contributed by atoms with van der Waals surface area (Å²) in [5, 5.41) is 0.175. The van der Waals surface area contributed by atoms with E-state index in [1.54, 1.807) is 6.92 Å². The highest BCUT2D eigenvalue weighted by molar-refractivity contribution is 9.10. The summed E-state index contributed by atoms with van der Waals surface area (Å²) in [5.41, 5.74) is 0. The van der Waals surface area contributed by atoms with Gasteiger partial charge in [-0.15, -0.1) is 0 Å². The summed E-state index contributed by atoms with van der Waals surface area (Å²) in [6, 6.07) is 2.35. The zero-order valence-corrected chi connectivity index (χ0v) is 10.4. The Balaban J connectivity index is 2.34. The van der Waals surface area contributed by atoms with Crippen LogP contribution >= 0.6 is 27.5 Å². The van der Waals surface area contributed by atoms with Crippen LogP contribution < -0.4 is 4.74 Å². The van der Waals surface area contributed by atoms with Crippen LogP contribution in [0, 0.1) is 18.6 Å². The summed E-state index contributed by atoms with van der Waals surface area (Å²) in [6.07, 6.45) is 0. The molecule has 3 nitrogen and oxygen atoms in total. The van der Waals surface area contributed by atoms with E-state index in [1.165, 1.54) is 6.07 Å². The molecule has 7 heteroatoms. The van der Waals surface area contributed by atoms with Gasteiger partial charge in [0.25, 0.3) is 5.19 Å². The van der Waals surface area contributed by atoms with Crippen LogP contribution in [0.15, 0.2) is 16.6 Å². The molecule has 1 aromatic carbocycles. The fraction of sp³-hybridized carbons (Fsp3) is 0.111. The maximum Gasteiger partial charge on any atom is 0.298 e. The van der Waals surface area contributed by atoms with Crippen LogP contribution in [-0.2, 0) is 0 Å². The van der Waals surface area contributed by atoms with Gasteiger partial charge in [-0.25, -0.2) is 4.39 Å². The number of benzene rings is 1. The molecule has 84 valence electrons. The second-order valence-corrected chi connectivity index (χ2v) is 4.54. The topological polar surface area (TPSA) is 35.0 Å². The van der Waals surface area contributed by atoms with Gasteiger partial charge in [-0.05, 0) is 19.1 Å². The molecular weight excluding hydrogens is 302 g/mol. The Labute approximate surface area is 102 Å². The summed E-state index contributed by atoms with van der Waals surface area (Å²) in [6.45, 7) is 1.68. The second-order valence-electron chi connectivity index (χ2n) is 2.91. The molecule has 2 rings (SSSR count). The molecule has 16 heavy (non-hydrogen) atoms. The van der Waals surface area contributed by atoms with Gasteiger partial charge in [0.05, 0.1) is 0 Å². The lowest BCUT2D eigenvalue weighted by molar-refractivity contribution is 0.413. The molecule has 0 amide bonds. The van der Waals surface area contributed by atoms with Crippen LogP contribution in [0.4, 0.5) is 8.78 Å². The van der Waals surface area contributed by atoms with Crippen molar-refractivity contribution in [1.29, 1.82) is 0 Å². The van der Waals surface area contributed by atoms with Gasteiger partial charge in [0, 0.05) is 16.0 Å². The third-order valence-electron chi connectivity index (χ3n) is 1.67. The van der Waals surface area contributed by atoms with E-state index in [9.17, 15) is 8.78 Å². The minimum absolute atomic E-state index is 0.175. The highest BCUT2D eigenvalue weighted by atomic mass is 79.9. The van der Waals surface area contributed by atoms with Crippen molar-refractivity contribution in [2.45, 2.75) is 6.92 Å². The van der Waals surface area contributed by atoms with Gasteiger partial charge in [-0.1, -0.05) is 15.9 Å². The van der Waals surface area contributed by atoms with Crippen molar-refractivity contribution in [1.82, 2.24) is 9.36 Å². The summed E-state index contributed by atoms with van der Waals surface area (Å²) >= 11 is 4.02. The van der Waals surface area contributed by atoms with Crippen molar-refractivity contribution in [3.8, 4) is 10.9 Å². The number of hydrogen-bond donors (Lipinski definition) is 0. The van der Waals surface area contributed by atoms with Crippen molar-refractivity contribution in [2.75, 3.05) is 0 Å². The van der Waals surface area contributed by atoms with E-state index in [1.807, 2.05) is 0 Å². The average molecular weight is 307 g/mol. The standard InChI is InChI=1S/C9H5BrF2N2OS/c1-4-13-9(16-14-4)15-7-3-5(10)2-6(11)8(7)12/h2-3H,1H3. The number of hydrogen-bond acceptors (Lipinski definition) is 4. The van der Waals surface area contributed by atoms with Crippen LogP contribution in [0.25, 0.3) is 0 Å². The number of rotatable bonds is 2. The number of nitrogens with zero attached hydrogens (tertiary/aromatic N) is 2.